The highest BCUT2D eigenvalue weighted by Gasteiger charge is 2.42. The fourth-order valence-electron chi connectivity index (χ4n) is 3.98. The monoisotopic (exact) mass is 384 g/mol. The number of fused-ring (bicyclic) bond motifs is 2. The number of amides is 1. The van der Waals surface area contributed by atoms with Crippen molar-refractivity contribution in [3.63, 3.8) is 0 Å². The van der Waals surface area contributed by atoms with Crippen molar-refractivity contribution in [2.75, 3.05) is 6.61 Å². The zero-order valence-electron chi connectivity index (χ0n) is 16.0. The van der Waals surface area contributed by atoms with Crippen molar-refractivity contribution in [2.24, 2.45) is 0 Å². The summed E-state index contributed by atoms with van der Waals surface area (Å²) < 4.78 is 5.84. The number of rotatable bonds is 3. The molecule has 1 aliphatic rings. The second-order valence-corrected chi connectivity index (χ2v) is 7.28. The maximum atomic E-state index is 13.4. The summed E-state index contributed by atoms with van der Waals surface area (Å²) in [4.78, 5) is 25.4. The van der Waals surface area contributed by atoms with Gasteiger partial charge in [-0.2, -0.15) is 0 Å². The summed E-state index contributed by atoms with van der Waals surface area (Å²) in [6.07, 6.45) is 3.92. The molecule has 1 amide bonds. The van der Waals surface area contributed by atoms with Gasteiger partial charge in [-0.25, -0.2) is 4.98 Å². The molecule has 3 heterocycles. The highest BCUT2D eigenvalue weighted by Crippen LogP contribution is 2.40. The highest BCUT2D eigenvalue weighted by molar-refractivity contribution is 6.05. The SMILES string of the molecule is Cc1ccc([C@@]2(NC(=O)c3cccc4[nH]cnc34)CCOc3cccnc32)cc1. The molecule has 0 radical (unpaired) electrons. The van der Waals surface area contributed by atoms with Crippen molar-refractivity contribution in [1.29, 1.82) is 0 Å². The molecule has 0 bridgehead atoms. The molecule has 2 aromatic carbocycles. The van der Waals surface area contributed by atoms with Crippen LogP contribution in [0.25, 0.3) is 11.0 Å². The summed E-state index contributed by atoms with van der Waals surface area (Å²) in [5.41, 5.74) is 4.08. The Balaban J connectivity index is 1.65. The first-order valence-electron chi connectivity index (χ1n) is 9.57. The lowest BCUT2D eigenvalue weighted by Crippen LogP contribution is -2.50. The maximum Gasteiger partial charge on any atom is 0.254 e. The quantitative estimate of drug-likeness (QED) is 0.564. The molecular weight excluding hydrogens is 364 g/mol. The Hall–Kier alpha value is -3.67. The van der Waals surface area contributed by atoms with E-state index in [2.05, 4.69) is 44.5 Å². The number of ether oxygens (including phenoxy) is 1. The first-order chi connectivity index (χ1) is 14.2. The van der Waals surface area contributed by atoms with E-state index < -0.39 is 5.54 Å². The minimum atomic E-state index is -0.780. The summed E-state index contributed by atoms with van der Waals surface area (Å²) in [6, 6.07) is 17.5. The van der Waals surface area contributed by atoms with Crippen molar-refractivity contribution in [1.82, 2.24) is 20.3 Å². The van der Waals surface area contributed by atoms with E-state index in [-0.39, 0.29) is 5.91 Å². The first-order valence-corrected chi connectivity index (χ1v) is 9.57. The van der Waals surface area contributed by atoms with Crippen LogP contribution >= 0.6 is 0 Å². The smallest absolute Gasteiger partial charge is 0.254 e. The van der Waals surface area contributed by atoms with Gasteiger partial charge in [0.15, 0.2) is 0 Å². The minimum Gasteiger partial charge on any atom is -0.491 e. The number of imidazole rings is 1. The third-order valence-corrected chi connectivity index (χ3v) is 5.48. The Labute approximate surface area is 168 Å². The summed E-state index contributed by atoms with van der Waals surface area (Å²) in [5, 5.41) is 3.29. The van der Waals surface area contributed by atoms with E-state index in [4.69, 9.17) is 4.74 Å². The lowest BCUT2D eigenvalue weighted by Gasteiger charge is -2.39. The number of aromatic amines is 1. The molecule has 0 fully saturated rings. The van der Waals surface area contributed by atoms with Gasteiger partial charge in [0.1, 0.15) is 22.5 Å². The Morgan fingerprint density at radius 3 is 2.83 bits per heavy atom. The lowest BCUT2D eigenvalue weighted by atomic mass is 9.81. The van der Waals surface area contributed by atoms with Crippen molar-refractivity contribution in [2.45, 2.75) is 18.9 Å². The first kappa shape index (κ1) is 17.4. The zero-order chi connectivity index (χ0) is 19.8. The van der Waals surface area contributed by atoms with Gasteiger partial charge in [-0.15, -0.1) is 0 Å². The molecule has 6 nitrogen and oxygen atoms in total. The van der Waals surface area contributed by atoms with Crippen molar-refractivity contribution in [3.8, 4) is 5.75 Å². The number of aromatic nitrogens is 3. The van der Waals surface area contributed by atoms with Crippen LogP contribution in [0.2, 0.25) is 0 Å². The highest BCUT2D eigenvalue weighted by atomic mass is 16.5. The van der Waals surface area contributed by atoms with Crippen LogP contribution in [0.5, 0.6) is 5.75 Å². The van der Waals surface area contributed by atoms with E-state index in [9.17, 15) is 4.79 Å². The lowest BCUT2D eigenvalue weighted by molar-refractivity contribution is 0.0885. The molecule has 0 spiro atoms. The molecule has 6 heteroatoms. The van der Waals surface area contributed by atoms with Crippen molar-refractivity contribution < 1.29 is 9.53 Å². The summed E-state index contributed by atoms with van der Waals surface area (Å²) in [6.45, 7) is 2.53. The van der Waals surface area contributed by atoms with Crippen LogP contribution in [-0.2, 0) is 5.54 Å². The van der Waals surface area contributed by atoms with Gasteiger partial charge in [0.2, 0.25) is 0 Å². The van der Waals surface area contributed by atoms with Gasteiger partial charge in [0.05, 0.1) is 24.0 Å². The van der Waals surface area contributed by atoms with Gasteiger partial charge < -0.3 is 15.0 Å². The number of nitrogens with zero attached hydrogens (tertiary/aromatic N) is 2. The molecule has 1 atom stereocenters. The van der Waals surface area contributed by atoms with E-state index in [0.717, 1.165) is 22.3 Å². The molecule has 0 unspecified atom stereocenters. The van der Waals surface area contributed by atoms with E-state index in [1.807, 2.05) is 31.2 Å². The molecule has 5 rings (SSSR count). The third-order valence-electron chi connectivity index (χ3n) is 5.48. The van der Waals surface area contributed by atoms with Crippen LogP contribution in [-0.4, -0.2) is 27.5 Å². The van der Waals surface area contributed by atoms with Gasteiger partial charge in [0.25, 0.3) is 5.91 Å². The standard InChI is InChI=1S/C23H20N4O2/c1-15-7-9-16(10-8-15)23(11-13-29-19-6-3-12-24-21(19)23)27-22(28)17-4-2-5-18-20(17)26-14-25-18/h2-10,12,14H,11,13H2,1H3,(H,25,26)(H,27,28)/t23-/m0/s1. The molecule has 0 aliphatic carbocycles. The number of para-hydroxylation sites is 1. The molecule has 1 aliphatic heterocycles. The minimum absolute atomic E-state index is 0.193. The van der Waals surface area contributed by atoms with Gasteiger partial charge in [-0.1, -0.05) is 35.9 Å². The van der Waals surface area contributed by atoms with E-state index in [0.29, 0.717) is 29.9 Å². The maximum absolute atomic E-state index is 13.4. The van der Waals surface area contributed by atoms with Crippen molar-refractivity contribution in [3.05, 3.63) is 89.5 Å². The number of benzene rings is 2. The molecular formula is C23H20N4O2. The van der Waals surface area contributed by atoms with Crippen molar-refractivity contribution >= 4 is 16.9 Å². The Morgan fingerprint density at radius 2 is 1.97 bits per heavy atom. The number of carbonyl (C=O) groups excluding carboxylic acids is 1. The zero-order valence-corrected chi connectivity index (χ0v) is 16.0. The Kier molecular flexibility index (Phi) is 4.05. The predicted octanol–water partition coefficient (Wildman–Crippen LogP) is 3.72. The number of aryl methyl sites for hydroxylation is 1. The number of hydrogen-bond acceptors (Lipinski definition) is 4. The fourth-order valence-corrected chi connectivity index (χ4v) is 3.98. The van der Waals surface area contributed by atoms with Crippen LogP contribution in [0.15, 0.2) is 67.1 Å². The largest absolute Gasteiger partial charge is 0.491 e. The molecule has 2 aromatic heterocycles. The number of carbonyl (C=O) groups is 1. The number of pyridine rings is 1. The van der Waals surface area contributed by atoms with Gasteiger partial charge in [0, 0.05) is 12.6 Å². The average molecular weight is 384 g/mol. The molecule has 29 heavy (non-hydrogen) atoms. The van der Waals surface area contributed by atoms with Gasteiger partial charge in [-0.05, 0) is 36.8 Å². The summed E-state index contributed by atoms with van der Waals surface area (Å²) >= 11 is 0. The van der Waals surface area contributed by atoms with E-state index in [1.54, 1.807) is 18.6 Å². The topological polar surface area (TPSA) is 79.9 Å². The predicted molar refractivity (Wildman–Crippen MR) is 110 cm³/mol. The van der Waals surface area contributed by atoms with E-state index in [1.165, 1.54) is 0 Å². The Bertz CT molecular complexity index is 1200. The van der Waals surface area contributed by atoms with Crippen LogP contribution in [0.1, 0.15) is 33.6 Å². The second-order valence-electron chi connectivity index (χ2n) is 7.28. The summed E-state index contributed by atoms with van der Waals surface area (Å²) in [5.74, 6) is 0.499. The average Bonchev–Trinajstić information content (AvgIpc) is 3.23. The third kappa shape index (κ3) is 2.84. The molecule has 0 saturated heterocycles. The van der Waals surface area contributed by atoms with Crippen LogP contribution < -0.4 is 10.1 Å². The second kappa shape index (κ2) is 6.74. The molecule has 2 N–H and O–H groups in total. The number of hydrogen-bond donors (Lipinski definition) is 2. The molecule has 144 valence electrons. The fraction of sp³-hybridized carbons (Fsp3) is 0.174. The van der Waals surface area contributed by atoms with Gasteiger partial charge >= 0.3 is 0 Å². The normalized spacial score (nSPS) is 18.1. The summed E-state index contributed by atoms with van der Waals surface area (Å²) in [7, 11) is 0. The molecule has 0 saturated carbocycles. The van der Waals surface area contributed by atoms with Gasteiger partial charge in [-0.3, -0.25) is 9.78 Å². The Morgan fingerprint density at radius 1 is 1.10 bits per heavy atom. The van der Waals surface area contributed by atoms with E-state index >= 15 is 0 Å². The van der Waals surface area contributed by atoms with Crippen LogP contribution in [0, 0.1) is 6.92 Å². The molecule has 4 aromatic rings. The van der Waals surface area contributed by atoms with Crippen LogP contribution in [0.4, 0.5) is 0 Å². The number of nitrogens with one attached hydrogen (secondary N) is 2. The van der Waals surface area contributed by atoms with Crippen LogP contribution in [0.3, 0.4) is 0 Å². The number of H-pyrrole nitrogens is 1.